The molecular weight excluding hydrogens is 286 g/mol. The Balaban J connectivity index is 2.50. The average Bonchev–Trinajstić information content (AvgIpc) is 2.80. The summed E-state index contributed by atoms with van der Waals surface area (Å²) < 4.78 is 53.7. The van der Waals surface area contributed by atoms with Gasteiger partial charge in [0.05, 0.1) is 0 Å². The molecule has 112 valence electrons. The molecule has 4 nitrogen and oxygen atoms in total. The highest BCUT2D eigenvalue weighted by Gasteiger charge is 2.35. The van der Waals surface area contributed by atoms with Gasteiger partial charge in [-0.1, -0.05) is 0 Å². The monoisotopic (exact) mass is 304 g/mol. The van der Waals surface area contributed by atoms with Crippen molar-refractivity contribution >= 4 is 10.0 Å². The lowest BCUT2D eigenvalue weighted by Crippen LogP contribution is -2.34. The molecule has 0 aliphatic carbocycles. The van der Waals surface area contributed by atoms with E-state index in [1.807, 2.05) is 0 Å². The Morgan fingerprint density at radius 1 is 1.40 bits per heavy atom. The van der Waals surface area contributed by atoms with Gasteiger partial charge >= 0.3 is 0 Å². The molecule has 2 rings (SSSR count). The van der Waals surface area contributed by atoms with E-state index in [9.17, 15) is 17.2 Å². The highest BCUT2D eigenvalue weighted by Crippen LogP contribution is 2.28. The Bertz CT molecular complexity index is 605. The summed E-state index contributed by atoms with van der Waals surface area (Å²) in [5.41, 5.74) is 0.400. The molecule has 1 aromatic rings. The third-order valence-corrected chi connectivity index (χ3v) is 5.53. The Labute approximate surface area is 117 Å². The number of hydrogen-bond acceptors (Lipinski definition) is 3. The lowest BCUT2D eigenvalue weighted by Gasteiger charge is -2.21. The highest BCUT2D eigenvalue weighted by atomic mass is 32.2. The molecule has 1 atom stereocenters. The SMILES string of the molecule is CNCc1cc(F)c(F)c(S(=O)(=O)N2CCCC2C)c1. The molecule has 1 aromatic carbocycles. The van der Waals surface area contributed by atoms with Gasteiger partial charge in [0.25, 0.3) is 0 Å². The molecule has 0 aromatic heterocycles. The van der Waals surface area contributed by atoms with Gasteiger partial charge in [0.2, 0.25) is 10.0 Å². The summed E-state index contributed by atoms with van der Waals surface area (Å²) in [6, 6.07) is 2.03. The molecule has 1 heterocycles. The largest absolute Gasteiger partial charge is 0.316 e. The van der Waals surface area contributed by atoms with Crippen LogP contribution in [0, 0.1) is 11.6 Å². The number of sulfonamides is 1. The molecule has 1 fully saturated rings. The standard InChI is InChI=1S/C13H18F2N2O2S/c1-9-4-3-5-17(9)20(18,19)12-7-10(8-16-2)6-11(14)13(12)15/h6-7,9,16H,3-5,8H2,1-2H3. The third kappa shape index (κ3) is 2.70. The van der Waals surface area contributed by atoms with Gasteiger partial charge in [-0.3, -0.25) is 0 Å². The summed E-state index contributed by atoms with van der Waals surface area (Å²) in [7, 11) is -2.34. The van der Waals surface area contributed by atoms with Crippen molar-refractivity contribution in [2.45, 2.75) is 37.2 Å². The van der Waals surface area contributed by atoms with E-state index in [4.69, 9.17) is 0 Å². The highest BCUT2D eigenvalue weighted by molar-refractivity contribution is 7.89. The van der Waals surface area contributed by atoms with E-state index in [0.29, 0.717) is 12.1 Å². The van der Waals surface area contributed by atoms with E-state index in [2.05, 4.69) is 5.32 Å². The van der Waals surface area contributed by atoms with Crippen LogP contribution in [0.2, 0.25) is 0 Å². The van der Waals surface area contributed by atoms with Gasteiger partial charge in [0, 0.05) is 19.1 Å². The third-order valence-electron chi connectivity index (χ3n) is 3.51. The second kappa shape index (κ2) is 5.75. The van der Waals surface area contributed by atoms with Crippen LogP contribution in [0.1, 0.15) is 25.3 Å². The van der Waals surface area contributed by atoms with Crippen LogP contribution in [0.25, 0.3) is 0 Å². The second-order valence-corrected chi connectivity index (χ2v) is 6.89. The van der Waals surface area contributed by atoms with Gasteiger partial charge in [-0.2, -0.15) is 4.31 Å². The van der Waals surface area contributed by atoms with Crippen LogP contribution < -0.4 is 5.32 Å². The van der Waals surface area contributed by atoms with Crippen molar-refractivity contribution in [2.24, 2.45) is 0 Å². The first-order valence-corrected chi connectivity index (χ1v) is 7.96. The Hall–Kier alpha value is -1.05. The Morgan fingerprint density at radius 3 is 2.65 bits per heavy atom. The lowest BCUT2D eigenvalue weighted by molar-refractivity contribution is 0.401. The van der Waals surface area contributed by atoms with Crippen molar-refractivity contribution in [2.75, 3.05) is 13.6 Å². The lowest BCUT2D eigenvalue weighted by atomic mass is 10.2. The minimum atomic E-state index is -3.99. The Kier molecular flexibility index (Phi) is 4.41. The van der Waals surface area contributed by atoms with E-state index in [-0.39, 0.29) is 12.6 Å². The van der Waals surface area contributed by atoms with Crippen LogP contribution in [0.15, 0.2) is 17.0 Å². The second-order valence-electron chi connectivity index (χ2n) is 5.03. The molecule has 1 aliphatic rings. The van der Waals surface area contributed by atoms with E-state index < -0.39 is 26.6 Å². The molecule has 0 radical (unpaired) electrons. The molecule has 20 heavy (non-hydrogen) atoms. The average molecular weight is 304 g/mol. The normalized spacial score (nSPS) is 20.5. The van der Waals surface area contributed by atoms with Crippen LogP contribution in [0.5, 0.6) is 0 Å². The van der Waals surface area contributed by atoms with E-state index in [0.717, 1.165) is 18.9 Å². The van der Waals surface area contributed by atoms with E-state index in [1.165, 1.54) is 10.4 Å². The smallest absolute Gasteiger partial charge is 0.246 e. The molecule has 0 amide bonds. The number of halogens is 2. The van der Waals surface area contributed by atoms with Gasteiger partial charge in [-0.15, -0.1) is 0 Å². The molecule has 7 heteroatoms. The zero-order valence-electron chi connectivity index (χ0n) is 11.5. The summed E-state index contributed by atoms with van der Waals surface area (Å²) in [6.07, 6.45) is 1.47. The van der Waals surface area contributed by atoms with Crippen molar-refractivity contribution in [1.82, 2.24) is 9.62 Å². The van der Waals surface area contributed by atoms with Crippen molar-refractivity contribution < 1.29 is 17.2 Å². The summed E-state index contributed by atoms with van der Waals surface area (Å²) in [5, 5.41) is 2.79. The molecule has 1 saturated heterocycles. The predicted molar refractivity (Wildman–Crippen MR) is 71.7 cm³/mol. The van der Waals surface area contributed by atoms with Gasteiger partial charge in [-0.25, -0.2) is 17.2 Å². The molecule has 0 bridgehead atoms. The summed E-state index contributed by atoms with van der Waals surface area (Å²) in [4.78, 5) is -0.573. The molecular formula is C13H18F2N2O2S. The van der Waals surface area contributed by atoms with Gasteiger partial charge in [0.1, 0.15) is 4.90 Å². The number of benzene rings is 1. The first kappa shape index (κ1) is 15.3. The Morgan fingerprint density at radius 2 is 2.10 bits per heavy atom. The van der Waals surface area contributed by atoms with Crippen molar-refractivity contribution in [3.05, 3.63) is 29.3 Å². The number of hydrogen-bond donors (Lipinski definition) is 1. The summed E-state index contributed by atoms with van der Waals surface area (Å²) >= 11 is 0. The van der Waals surface area contributed by atoms with E-state index >= 15 is 0 Å². The van der Waals surface area contributed by atoms with Crippen LogP contribution in [0.3, 0.4) is 0 Å². The minimum absolute atomic E-state index is 0.185. The molecule has 0 spiro atoms. The predicted octanol–water partition coefficient (Wildman–Crippen LogP) is 1.86. The molecule has 1 aliphatic heterocycles. The van der Waals surface area contributed by atoms with Crippen molar-refractivity contribution in [1.29, 1.82) is 0 Å². The number of rotatable bonds is 4. The maximum atomic E-state index is 13.9. The van der Waals surface area contributed by atoms with Gasteiger partial charge < -0.3 is 5.32 Å². The minimum Gasteiger partial charge on any atom is -0.316 e. The molecule has 1 unspecified atom stereocenters. The van der Waals surface area contributed by atoms with Gasteiger partial charge in [-0.05, 0) is 44.5 Å². The molecule has 1 N–H and O–H groups in total. The first-order chi connectivity index (χ1) is 9.37. The van der Waals surface area contributed by atoms with Crippen LogP contribution in [-0.4, -0.2) is 32.4 Å². The first-order valence-electron chi connectivity index (χ1n) is 6.52. The zero-order valence-corrected chi connectivity index (χ0v) is 12.3. The van der Waals surface area contributed by atoms with Crippen LogP contribution in [-0.2, 0) is 16.6 Å². The quantitative estimate of drug-likeness (QED) is 0.923. The van der Waals surface area contributed by atoms with Crippen molar-refractivity contribution in [3.63, 3.8) is 0 Å². The summed E-state index contributed by atoms with van der Waals surface area (Å²) in [6.45, 7) is 2.40. The van der Waals surface area contributed by atoms with Crippen LogP contribution >= 0.6 is 0 Å². The summed E-state index contributed by atoms with van der Waals surface area (Å²) in [5.74, 6) is -2.44. The van der Waals surface area contributed by atoms with E-state index in [1.54, 1.807) is 14.0 Å². The zero-order chi connectivity index (χ0) is 14.9. The maximum absolute atomic E-state index is 13.9. The number of nitrogens with zero attached hydrogens (tertiary/aromatic N) is 1. The van der Waals surface area contributed by atoms with Gasteiger partial charge in [0.15, 0.2) is 11.6 Å². The topological polar surface area (TPSA) is 49.4 Å². The fraction of sp³-hybridized carbons (Fsp3) is 0.538. The number of nitrogens with one attached hydrogen (secondary N) is 1. The molecule has 0 saturated carbocycles. The maximum Gasteiger partial charge on any atom is 0.246 e. The fourth-order valence-corrected chi connectivity index (χ4v) is 4.33. The fourth-order valence-electron chi connectivity index (χ4n) is 2.50. The van der Waals surface area contributed by atoms with Crippen molar-refractivity contribution in [3.8, 4) is 0 Å². The van der Waals surface area contributed by atoms with Crippen LogP contribution in [0.4, 0.5) is 8.78 Å².